The van der Waals surface area contributed by atoms with Crippen LogP contribution in [0.5, 0.6) is 5.75 Å². The Morgan fingerprint density at radius 1 is 1.08 bits per heavy atom. The van der Waals surface area contributed by atoms with Gasteiger partial charge in [0.05, 0.1) is 33.4 Å². The molecule has 5 nitrogen and oxygen atoms in total. The molecule has 0 radical (unpaired) electrons. The van der Waals surface area contributed by atoms with Crippen molar-refractivity contribution in [1.29, 1.82) is 0 Å². The fourth-order valence-corrected chi connectivity index (χ4v) is 3.03. The molecule has 1 aromatic heterocycles. The van der Waals surface area contributed by atoms with Gasteiger partial charge in [0.25, 0.3) is 0 Å². The molecule has 8 heteroatoms. The number of aromatic amines is 1. The van der Waals surface area contributed by atoms with Crippen molar-refractivity contribution in [3.8, 4) is 5.75 Å². The average Bonchev–Trinajstić information content (AvgIpc) is 2.85. The van der Waals surface area contributed by atoms with Crippen LogP contribution in [-0.4, -0.2) is 30.0 Å². The summed E-state index contributed by atoms with van der Waals surface area (Å²) in [5.41, 5.74) is 1.67. The van der Waals surface area contributed by atoms with E-state index < -0.39 is 12.1 Å². The maximum atomic E-state index is 12.7. The first kappa shape index (κ1) is 19.6. The van der Waals surface area contributed by atoms with E-state index in [0.717, 1.165) is 0 Å². The molecule has 2 aromatic rings. The molecule has 0 spiro atoms. The molecule has 0 aliphatic rings. The van der Waals surface area contributed by atoms with Crippen LogP contribution in [0.2, 0.25) is 15.1 Å². The van der Waals surface area contributed by atoms with Crippen molar-refractivity contribution in [2.24, 2.45) is 0 Å². The minimum atomic E-state index is -0.864. The predicted octanol–water partition coefficient (Wildman–Crippen LogP) is 5.03. The molecule has 1 N–H and O–H groups in total. The summed E-state index contributed by atoms with van der Waals surface area (Å²) < 4.78 is 10.4. The van der Waals surface area contributed by atoms with Crippen molar-refractivity contribution < 1.29 is 19.1 Å². The maximum Gasteiger partial charge on any atom is 0.339 e. The summed E-state index contributed by atoms with van der Waals surface area (Å²) in [6, 6.07) is 2.89. The number of rotatable bonds is 5. The van der Waals surface area contributed by atoms with Gasteiger partial charge in [0.2, 0.25) is 5.78 Å². The van der Waals surface area contributed by atoms with Crippen LogP contribution in [0.4, 0.5) is 0 Å². The first-order valence-corrected chi connectivity index (χ1v) is 8.43. The molecule has 0 aliphatic heterocycles. The largest absolute Gasteiger partial charge is 0.481 e. The molecule has 0 fully saturated rings. The van der Waals surface area contributed by atoms with E-state index >= 15 is 0 Å². The summed E-state index contributed by atoms with van der Waals surface area (Å²) >= 11 is 17.9. The lowest BCUT2D eigenvalue weighted by molar-refractivity contribution is 0.0599. The van der Waals surface area contributed by atoms with Gasteiger partial charge < -0.3 is 14.5 Å². The van der Waals surface area contributed by atoms with E-state index in [1.807, 2.05) is 0 Å². The highest BCUT2D eigenvalue weighted by molar-refractivity contribution is 6.43. The summed E-state index contributed by atoms with van der Waals surface area (Å²) in [6.45, 7) is 4.94. The first-order valence-electron chi connectivity index (χ1n) is 7.30. The number of carbonyl (C=O) groups is 2. The van der Waals surface area contributed by atoms with Gasteiger partial charge in [0.1, 0.15) is 5.75 Å². The number of aryl methyl sites for hydroxylation is 1. The van der Waals surface area contributed by atoms with Gasteiger partial charge in [0, 0.05) is 11.8 Å². The van der Waals surface area contributed by atoms with Crippen LogP contribution in [0, 0.1) is 13.8 Å². The van der Waals surface area contributed by atoms with E-state index in [-0.39, 0.29) is 32.3 Å². The van der Waals surface area contributed by atoms with Crippen LogP contribution in [0.15, 0.2) is 12.1 Å². The van der Waals surface area contributed by atoms with Gasteiger partial charge in [-0.15, -0.1) is 0 Å². The van der Waals surface area contributed by atoms with E-state index in [9.17, 15) is 9.59 Å². The number of esters is 1. The number of ether oxygens (including phenoxy) is 2. The van der Waals surface area contributed by atoms with Gasteiger partial charge in [-0.2, -0.15) is 0 Å². The summed E-state index contributed by atoms with van der Waals surface area (Å²) in [4.78, 5) is 27.5. The third-order valence-corrected chi connectivity index (χ3v) is 4.74. The van der Waals surface area contributed by atoms with Crippen molar-refractivity contribution in [3.63, 3.8) is 0 Å². The number of H-pyrrole nitrogens is 1. The molecule has 25 heavy (non-hydrogen) atoms. The molecule has 0 amide bonds. The van der Waals surface area contributed by atoms with Crippen LogP contribution in [-0.2, 0) is 4.74 Å². The van der Waals surface area contributed by atoms with E-state index in [1.165, 1.54) is 19.2 Å². The third kappa shape index (κ3) is 3.94. The van der Waals surface area contributed by atoms with E-state index in [2.05, 4.69) is 4.98 Å². The minimum Gasteiger partial charge on any atom is -0.481 e. The molecule has 0 bridgehead atoms. The van der Waals surface area contributed by atoms with Crippen molar-refractivity contribution >= 4 is 46.6 Å². The Morgan fingerprint density at radius 3 is 2.28 bits per heavy atom. The second-order valence-corrected chi connectivity index (χ2v) is 6.66. The molecule has 1 heterocycles. The van der Waals surface area contributed by atoms with Gasteiger partial charge in [-0.25, -0.2) is 4.79 Å². The number of Topliss-reactive ketones (excluding diaryl/α,β-unsaturated/α-hetero) is 1. The second-order valence-electron chi connectivity index (χ2n) is 5.44. The van der Waals surface area contributed by atoms with Crippen LogP contribution >= 0.6 is 34.8 Å². The fraction of sp³-hybridized carbons (Fsp3) is 0.294. The number of ketones is 1. The third-order valence-electron chi connectivity index (χ3n) is 3.72. The topological polar surface area (TPSA) is 68.4 Å². The second kappa shape index (κ2) is 7.68. The molecule has 0 saturated carbocycles. The number of hydrogen-bond donors (Lipinski definition) is 1. The summed E-state index contributed by atoms with van der Waals surface area (Å²) in [5, 5.41) is 0.792. The van der Waals surface area contributed by atoms with Gasteiger partial charge in [-0.1, -0.05) is 34.8 Å². The van der Waals surface area contributed by atoms with Crippen LogP contribution < -0.4 is 4.74 Å². The number of nitrogens with one attached hydrogen (secondary N) is 1. The van der Waals surface area contributed by atoms with Crippen molar-refractivity contribution in [1.82, 2.24) is 4.98 Å². The smallest absolute Gasteiger partial charge is 0.339 e. The van der Waals surface area contributed by atoms with Crippen molar-refractivity contribution in [2.45, 2.75) is 26.9 Å². The zero-order chi connectivity index (χ0) is 18.9. The van der Waals surface area contributed by atoms with Gasteiger partial charge in [-0.05, 0) is 32.4 Å². The van der Waals surface area contributed by atoms with Gasteiger partial charge in [0.15, 0.2) is 6.10 Å². The zero-order valence-electron chi connectivity index (χ0n) is 14.0. The Balaban J connectivity index is 2.30. The Bertz CT molecular complexity index is 845. The number of hydrogen-bond acceptors (Lipinski definition) is 4. The number of benzene rings is 1. The maximum absolute atomic E-state index is 12.7. The highest BCUT2D eigenvalue weighted by atomic mass is 35.5. The average molecular weight is 405 g/mol. The molecule has 1 aromatic carbocycles. The molecule has 134 valence electrons. The normalized spacial score (nSPS) is 12.0. The molecular weight excluding hydrogens is 389 g/mol. The molecule has 0 aliphatic carbocycles. The van der Waals surface area contributed by atoms with Gasteiger partial charge >= 0.3 is 5.97 Å². The van der Waals surface area contributed by atoms with E-state index in [0.29, 0.717) is 16.8 Å². The minimum absolute atomic E-state index is 0.240. The number of aromatic nitrogens is 1. The molecular formula is C17H16Cl3NO4. The highest BCUT2D eigenvalue weighted by Crippen LogP contribution is 2.34. The standard InChI is InChI=1S/C17H16Cl3NO4/c1-7-14(17(23)24-4)8(2)21-15(7)16(22)9(3)25-13-6-11(19)10(18)5-12(13)20/h5-6,9,21H,1-4H3/t9-/m1/s1. The Kier molecular flexibility index (Phi) is 6.03. The Hall–Kier alpha value is -1.69. The Morgan fingerprint density at radius 2 is 1.68 bits per heavy atom. The number of carbonyl (C=O) groups excluding carboxylic acids is 2. The van der Waals surface area contributed by atoms with Crippen molar-refractivity contribution in [3.05, 3.63) is 49.7 Å². The Labute approximate surface area is 160 Å². The van der Waals surface area contributed by atoms with Crippen LogP contribution in [0.3, 0.4) is 0 Å². The van der Waals surface area contributed by atoms with Crippen LogP contribution in [0.25, 0.3) is 0 Å². The molecule has 0 saturated heterocycles. The van der Waals surface area contributed by atoms with Crippen molar-refractivity contribution in [2.75, 3.05) is 7.11 Å². The molecule has 1 atom stereocenters. The lowest BCUT2D eigenvalue weighted by Crippen LogP contribution is -2.25. The summed E-state index contributed by atoms with van der Waals surface area (Å²) in [5.74, 6) is -0.602. The van der Waals surface area contributed by atoms with E-state index in [1.54, 1.807) is 20.8 Å². The van der Waals surface area contributed by atoms with Crippen LogP contribution in [0.1, 0.15) is 39.0 Å². The zero-order valence-corrected chi connectivity index (χ0v) is 16.3. The molecule has 0 unspecified atom stereocenters. The predicted molar refractivity (Wildman–Crippen MR) is 97.5 cm³/mol. The monoisotopic (exact) mass is 403 g/mol. The summed E-state index contributed by atoms with van der Waals surface area (Å²) in [7, 11) is 1.29. The summed E-state index contributed by atoms with van der Waals surface area (Å²) in [6.07, 6.45) is -0.864. The number of methoxy groups -OCH3 is 1. The quantitative estimate of drug-likeness (QED) is 0.431. The first-order chi connectivity index (χ1) is 11.7. The highest BCUT2D eigenvalue weighted by Gasteiger charge is 2.26. The fourth-order valence-electron chi connectivity index (χ4n) is 2.45. The van der Waals surface area contributed by atoms with Gasteiger partial charge in [-0.3, -0.25) is 4.79 Å². The lowest BCUT2D eigenvalue weighted by Gasteiger charge is -2.15. The molecule has 2 rings (SSSR count). The number of halogens is 3. The van der Waals surface area contributed by atoms with E-state index in [4.69, 9.17) is 44.3 Å². The lowest BCUT2D eigenvalue weighted by atomic mass is 10.1. The SMILES string of the molecule is COC(=O)c1c(C)[nH]c(C(=O)[C@@H](C)Oc2cc(Cl)c(Cl)cc2Cl)c1C.